The lowest BCUT2D eigenvalue weighted by Gasteiger charge is -2.18. The first-order valence-corrected chi connectivity index (χ1v) is 7.85. The molecule has 1 saturated heterocycles. The summed E-state index contributed by atoms with van der Waals surface area (Å²) in [6, 6.07) is 1.80. The molecule has 0 aliphatic carbocycles. The fourth-order valence-corrected chi connectivity index (χ4v) is 3.30. The lowest BCUT2D eigenvalue weighted by Crippen LogP contribution is -2.19. The molecule has 1 atom stereocenters. The fourth-order valence-electron chi connectivity index (χ4n) is 1.84. The Morgan fingerprint density at radius 1 is 1.44 bits per heavy atom. The second kappa shape index (κ2) is 5.66. The Kier molecular flexibility index (Phi) is 4.38. The Labute approximate surface area is 118 Å². The van der Waals surface area contributed by atoms with Crippen molar-refractivity contribution in [2.75, 3.05) is 23.4 Å². The van der Waals surface area contributed by atoms with Gasteiger partial charge in [-0.3, -0.25) is 0 Å². The van der Waals surface area contributed by atoms with Gasteiger partial charge in [0, 0.05) is 18.0 Å². The van der Waals surface area contributed by atoms with Crippen LogP contribution in [0.3, 0.4) is 0 Å². The van der Waals surface area contributed by atoms with Crippen LogP contribution in [0.1, 0.15) is 33.0 Å². The van der Waals surface area contributed by atoms with Crippen molar-refractivity contribution in [1.29, 1.82) is 0 Å². The number of hydrogen-bond acceptors (Lipinski definition) is 4. The first-order valence-electron chi connectivity index (χ1n) is 6.32. The average Bonchev–Trinajstić information content (AvgIpc) is 2.77. The Balaban J connectivity index is 2.05. The Morgan fingerprint density at radius 2 is 2.22 bits per heavy atom. The summed E-state index contributed by atoms with van der Waals surface area (Å²) in [6.45, 7) is 7.26. The largest absolute Gasteiger partial charge is 0.370 e. The van der Waals surface area contributed by atoms with Crippen LogP contribution in [0.5, 0.6) is 0 Å². The molecule has 1 aliphatic rings. The molecule has 100 valence electrons. The molecule has 18 heavy (non-hydrogen) atoms. The van der Waals surface area contributed by atoms with Crippen LogP contribution in [0, 0.1) is 5.92 Å². The SMILES string of the molecule is CC(C)(C)c1nc(Cl)cc(NCC2CCSC2)n1. The molecule has 3 nitrogen and oxygen atoms in total. The smallest absolute Gasteiger partial charge is 0.137 e. The van der Waals surface area contributed by atoms with E-state index in [1.165, 1.54) is 17.9 Å². The van der Waals surface area contributed by atoms with E-state index in [4.69, 9.17) is 11.6 Å². The Hall–Kier alpha value is -0.480. The van der Waals surface area contributed by atoms with Gasteiger partial charge in [-0.1, -0.05) is 32.4 Å². The number of nitrogens with one attached hydrogen (secondary N) is 1. The Morgan fingerprint density at radius 3 is 2.83 bits per heavy atom. The zero-order valence-corrected chi connectivity index (χ0v) is 12.7. The second-order valence-corrected chi connectivity index (χ2v) is 7.30. The normalized spacial score (nSPS) is 20.1. The molecule has 5 heteroatoms. The van der Waals surface area contributed by atoms with Crippen molar-refractivity contribution in [3.8, 4) is 0 Å². The van der Waals surface area contributed by atoms with E-state index >= 15 is 0 Å². The minimum absolute atomic E-state index is 0.0788. The summed E-state index contributed by atoms with van der Waals surface area (Å²) in [7, 11) is 0. The van der Waals surface area contributed by atoms with E-state index < -0.39 is 0 Å². The third kappa shape index (κ3) is 3.75. The average molecular weight is 286 g/mol. The zero-order valence-electron chi connectivity index (χ0n) is 11.2. The van der Waals surface area contributed by atoms with Gasteiger partial charge in [0.2, 0.25) is 0 Å². The summed E-state index contributed by atoms with van der Waals surface area (Å²) in [4.78, 5) is 8.85. The molecular formula is C13H20ClN3S. The van der Waals surface area contributed by atoms with E-state index in [2.05, 4.69) is 36.1 Å². The minimum Gasteiger partial charge on any atom is -0.370 e. The Bertz CT molecular complexity index is 411. The quantitative estimate of drug-likeness (QED) is 0.861. The van der Waals surface area contributed by atoms with Gasteiger partial charge in [-0.2, -0.15) is 11.8 Å². The highest BCUT2D eigenvalue weighted by Gasteiger charge is 2.19. The summed E-state index contributed by atoms with van der Waals surface area (Å²) in [5.74, 6) is 4.92. The number of thioether (sulfide) groups is 1. The summed E-state index contributed by atoms with van der Waals surface area (Å²) in [6.07, 6.45) is 1.29. The summed E-state index contributed by atoms with van der Waals surface area (Å²) >= 11 is 8.09. The summed E-state index contributed by atoms with van der Waals surface area (Å²) < 4.78 is 0. The molecule has 0 spiro atoms. The highest BCUT2D eigenvalue weighted by Crippen LogP contribution is 2.25. The summed E-state index contributed by atoms with van der Waals surface area (Å²) in [5.41, 5.74) is -0.0788. The molecule has 1 aliphatic heterocycles. The van der Waals surface area contributed by atoms with Gasteiger partial charge in [0.1, 0.15) is 16.8 Å². The topological polar surface area (TPSA) is 37.8 Å². The van der Waals surface area contributed by atoms with Crippen molar-refractivity contribution in [2.45, 2.75) is 32.6 Å². The number of halogens is 1. The van der Waals surface area contributed by atoms with Crippen molar-refractivity contribution in [3.63, 3.8) is 0 Å². The van der Waals surface area contributed by atoms with Crippen LogP contribution >= 0.6 is 23.4 Å². The number of aromatic nitrogens is 2. The molecule has 2 rings (SSSR count). The van der Waals surface area contributed by atoms with Gasteiger partial charge in [0.25, 0.3) is 0 Å². The molecule has 0 saturated carbocycles. The number of hydrogen-bond donors (Lipinski definition) is 1. The molecule has 1 fully saturated rings. The van der Waals surface area contributed by atoms with Crippen LogP contribution in [0.15, 0.2) is 6.07 Å². The van der Waals surface area contributed by atoms with Crippen LogP contribution in [-0.2, 0) is 5.41 Å². The van der Waals surface area contributed by atoms with E-state index in [0.29, 0.717) is 5.15 Å². The molecule has 0 bridgehead atoms. The van der Waals surface area contributed by atoms with Crippen molar-refractivity contribution in [2.24, 2.45) is 5.92 Å². The van der Waals surface area contributed by atoms with Crippen molar-refractivity contribution in [1.82, 2.24) is 9.97 Å². The highest BCUT2D eigenvalue weighted by atomic mass is 35.5. The van der Waals surface area contributed by atoms with Gasteiger partial charge in [0.15, 0.2) is 0 Å². The number of anilines is 1. The van der Waals surface area contributed by atoms with Gasteiger partial charge in [-0.05, 0) is 23.8 Å². The zero-order chi connectivity index (χ0) is 13.2. The molecule has 1 aromatic heterocycles. The van der Waals surface area contributed by atoms with Gasteiger partial charge in [0.05, 0.1) is 0 Å². The van der Waals surface area contributed by atoms with Crippen LogP contribution in [0.4, 0.5) is 5.82 Å². The second-order valence-electron chi connectivity index (χ2n) is 5.76. The van der Waals surface area contributed by atoms with Crippen molar-refractivity contribution >= 4 is 29.2 Å². The fraction of sp³-hybridized carbons (Fsp3) is 0.692. The van der Waals surface area contributed by atoms with Crippen LogP contribution in [-0.4, -0.2) is 28.0 Å². The molecular weight excluding hydrogens is 266 g/mol. The molecule has 1 aromatic rings. The maximum Gasteiger partial charge on any atom is 0.137 e. The standard InChI is InChI=1S/C13H20ClN3S/c1-13(2,3)12-16-10(14)6-11(17-12)15-7-9-4-5-18-8-9/h6,9H,4-5,7-8H2,1-3H3,(H,15,16,17). The van der Waals surface area contributed by atoms with Crippen LogP contribution < -0.4 is 5.32 Å². The third-order valence-corrected chi connectivity index (χ3v) is 4.39. The maximum absolute atomic E-state index is 6.06. The lowest BCUT2D eigenvalue weighted by atomic mass is 9.96. The first kappa shape index (κ1) is 13.9. The van der Waals surface area contributed by atoms with E-state index in [1.54, 1.807) is 6.07 Å². The monoisotopic (exact) mass is 285 g/mol. The van der Waals surface area contributed by atoms with Gasteiger partial charge < -0.3 is 5.32 Å². The van der Waals surface area contributed by atoms with E-state index in [0.717, 1.165) is 24.1 Å². The predicted octanol–water partition coefficient (Wildman–Crippen LogP) is 3.59. The summed E-state index contributed by atoms with van der Waals surface area (Å²) in [5, 5.41) is 3.90. The first-order chi connectivity index (χ1) is 8.45. The molecule has 1 unspecified atom stereocenters. The molecule has 0 amide bonds. The van der Waals surface area contributed by atoms with Crippen LogP contribution in [0.2, 0.25) is 5.15 Å². The van der Waals surface area contributed by atoms with Crippen molar-refractivity contribution in [3.05, 3.63) is 17.0 Å². The van der Waals surface area contributed by atoms with E-state index in [9.17, 15) is 0 Å². The van der Waals surface area contributed by atoms with Gasteiger partial charge in [-0.15, -0.1) is 0 Å². The minimum atomic E-state index is -0.0788. The highest BCUT2D eigenvalue weighted by molar-refractivity contribution is 7.99. The predicted molar refractivity (Wildman–Crippen MR) is 79.7 cm³/mol. The van der Waals surface area contributed by atoms with Gasteiger partial charge >= 0.3 is 0 Å². The van der Waals surface area contributed by atoms with Crippen LogP contribution in [0.25, 0.3) is 0 Å². The molecule has 0 aromatic carbocycles. The van der Waals surface area contributed by atoms with E-state index in [1.807, 2.05) is 11.8 Å². The lowest BCUT2D eigenvalue weighted by molar-refractivity contribution is 0.545. The number of nitrogens with zero attached hydrogens (tertiary/aromatic N) is 2. The van der Waals surface area contributed by atoms with E-state index in [-0.39, 0.29) is 5.41 Å². The van der Waals surface area contributed by atoms with Crippen molar-refractivity contribution < 1.29 is 0 Å². The van der Waals surface area contributed by atoms with Gasteiger partial charge in [-0.25, -0.2) is 9.97 Å². The molecule has 0 radical (unpaired) electrons. The molecule has 1 N–H and O–H groups in total. The third-order valence-electron chi connectivity index (χ3n) is 2.96. The maximum atomic E-state index is 6.06. The number of rotatable bonds is 3. The molecule has 2 heterocycles.